The van der Waals surface area contributed by atoms with Gasteiger partial charge in [0, 0.05) is 0 Å². The van der Waals surface area contributed by atoms with Crippen molar-refractivity contribution >= 4 is 23.0 Å². The van der Waals surface area contributed by atoms with Crippen LogP contribution < -0.4 is 0 Å². The summed E-state index contributed by atoms with van der Waals surface area (Å²) in [6.45, 7) is 0. The van der Waals surface area contributed by atoms with Crippen molar-refractivity contribution in [3.63, 3.8) is 0 Å². The van der Waals surface area contributed by atoms with Gasteiger partial charge >= 0.3 is 11.9 Å². The number of carboxylic acid groups (broad SMARTS) is 2. The Morgan fingerprint density at radius 2 is 1.55 bits per heavy atom. The fourth-order valence-electron chi connectivity index (χ4n) is 2.03. The number of fused-ring (bicyclic) bond motifs is 1. The zero-order valence-electron chi connectivity index (χ0n) is 11.0. The van der Waals surface area contributed by atoms with Crippen LogP contribution in [0.3, 0.4) is 0 Å². The minimum Gasteiger partial charge on any atom is -0.505 e. The quantitative estimate of drug-likeness (QED) is 0.669. The van der Waals surface area contributed by atoms with Gasteiger partial charge < -0.3 is 15.3 Å². The molecule has 0 saturated heterocycles. The molecule has 0 bridgehead atoms. The summed E-state index contributed by atoms with van der Waals surface area (Å²) in [6.07, 6.45) is 0. The number of phenols is 1. The second-order valence-corrected chi connectivity index (χ2v) is 4.48. The zero-order valence-corrected chi connectivity index (χ0v) is 11.0. The minimum absolute atomic E-state index is 0.117. The summed E-state index contributed by atoms with van der Waals surface area (Å²) in [5.74, 6) is -3.36. The molecule has 3 N–H and O–H groups in total. The standard InChI is InChI=1S/C14H9N3O5/c18-12-8(14(21)22)5-7(13(19)20)6-11(12)17-15-9-3-1-2-4-10(9)16-17/h1-6,18H,(H,19,20)(H,21,22). The van der Waals surface area contributed by atoms with E-state index in [0.717, 1.165) is 16.9 Å². The van der Waals surface area contributed by atoms with Crippen molar-refractivity contribution in [2.75, 3.05) is 0 Å². The Balaban J connectivity index is 2.28. The molecule has 0 radical (unpaired) electrons. The molecule has 0 aliphatic carbocycles. The highest BCUT2D eigenvalue weighted by Gasteiger charge is 2.20. The number of hydrogen-bond acceptors (Lipinski definition) is 5. The lowest BCUT2D eigenvalue weighted by Crippen LogP contribution is -2.08. The molecule has 8 heteroatoms. The summed E-state index contributed by atoms with van der Waals surface area (Å²) in [7, 11) is 0. The van der Waals surface area contributed by atoms with E-state index >= 15 is 0 Å². The molecule has 0 fully saturated rings. The fourth-order valence-corrected chi connectivity index (χ4v) is 2.03. The Hall–Kier alpha value is -3.42. The molecule has 8 nitrogen and oxygen atoms in total. The maximum absolute atomic E-state index is 11.1. The normalized spacial score (nSPS) is 10.7. The number of benzene rings is 2. The number of rotatable bonds is 3. The molecule has 0 atom stereocenters. The molecular weight excluding hydrogens is 290 g/mol. The summed E-state index contributed by atoms with van der Waals surface area (Å²) in [5, 5.41) is 36.4. The van der Waals surface area contributed by atoms with E-state index in [9.17, 15) is 14.7 Å². The summed E-state index contributed by atoms with van der Waals surface area (Å²) in [5.41, 5.74) is 0.121. The second-order valence-electron chi connectivity index (χ2n) is 4.48. The lowest BCUT2D eigenvalue weighted by atomic mass is 10.1. The number of aromatic nitrogens is 3. The smallest absolute Gasteiger partial charge is 0.339 e. The van der Waals surface area contributed by atoms with Crippen molar-refractivity contribution in [1.29, 1.82) is 0 Å². The van der Waals surface area contributed by atoms with Crippen LogP contribution in [0.4, 0.5) is 0 Å². The zero-order chi connectivity index (χ0) is 15.9. The fraction of sp³-hybridized carbons (Fsp3) is 0. The Morgan fingerprint density at radius 3 is 2.05 bits per heavy atom. The van der Waals surface area contributed by atoms with Gasteiger partial charge in [-0.05, 0) is 24.3 Å². The summed E-state index contributed by atoms with van der Waals surface area (Å²) in [4.78, 5) is 23.3. The molecule has 0 aliphatic rings. The van der Waals surface area contributed by atoms with Crippen LogP contribution in [0.2, 0.25) is 0 Å². The molecular formula is C14H9N3O5. The number of hydrogen-bond donors (Lipinski definition) is 3. The van der Waals surface area contributed by atoms with Crippen LogP contribution in [0.1, 0.15) is 20.7 Å². The molecule has 0 unspecified atom stereocenters. The molecule has 22 heavy (non-hydrogen) atoms. The first kappa shape index (κ1) is 13.6. The van der Waals surface area contributed by atoms with E-state index in [1.165, 1.54) is 0 Å². The van der Waals surface area contributed by atoms with Crippen molar-refractivity contribution in [2.45, 2.75) is 0 Å². The van der Waals surface area contributed by atoms with E-state index in [4.69, 9.17) is 10.2 Å². The first-order valence-electron chi connectivity index (χ1n) is 6.13. The van der Waals surface area contributed by atoms with E-state index in [0.29, 0.717) is 11.0 Å². The monoisotopic (exact) mass is 299 g/mol. The largest absolute Gasteiger partial charge is 0.505 e. The van der Waals surface area contributed by atoms with Gasteiger partial charge in [0.2, 0.25) is 0 Å². The highest BCUT2D eigenvalue weighted by atomic mass is 16.4. The molecule has 0 spiro atoms. The average Bonchev–Trinajstić information content (AvgIpc) is 2.90. The third-order valence-electron chi connectivity index (χ3n) is 3.07. The second kappa shape index (κ2) is 4.85. The van der Waals surface area contributed by atoms with Crippen molar-refractivity contribution in [3.05, 3.63) is 47.5 Å². The molecule has 3 rings (SSSR count). The average molecular weight is 299 g/mol. The molecule has 1 heterocycles. The van der Waals surface area contributed by atoms with Gasteiger partial charge in [-0.15, -0.1) is 15.0 Å². The van der Waals surface area contributed by atoms with Crippen molar-refractivity contribution in [3.8, 4) is 11.4 Å². The van der Waals surface area contributed by atoms with Crippen molar-refractivity contribution in [1.82, 2.24) is 15.0 Å². The summed E-state index contributed by atoms with van der Waals surface area (Å²) in [6, 6.07) is 8.87. The van der Waals surface area contributed by atoms with Crippen LogP contribution in [-0.2, 0) is 0 Å². The molecule has 0 amide bonds. The van der Waals surface area contributed by atoms with Gasteiger partial charge in [0.25, 0.3) is 0 Å². The predicted molar refractivity (Wildman–Crippen MR) is 74.4 cm³/mol. The van der Waals surface area contributed by atoms with Gasteiger partial charge in [-0.25, -0.2) is 9.59 Å². The van der Waals surface area contributed by atoms with Crippen LogP contribution in [0, 0.1) is 0 Å². The van der Waals surface area contributed by atoms with Crippen molar-refractivity contribution in [2.24, 2.45) is 0 Å². The first-order chi connectivity index (χ1) is 10.5. The van der Waals surface area contributed by atoms with E-state index in [2.05, 4.69) is 10.2 Å². The molecule has 110 valence electrons. The third-order valence-corrected chi connectivity index (χ3v) is 3.07. The van der Waals surface area contributed by atoms with Gasteiger partial charge in [-0.3, -0.25) is 0 Å². The topological polar surface area (TPSA) is 126 Å². The highest BCUT2D eigenvalue weighted by molar-refractivity contribution is 5.97. The van der Waals surface area contributed by atoms with Crippen LogP contribution in [-0.4, -0.2) is 42.3 Å². The van der Waals surface area contributed by atoms with E-state index in [-0.39, 0.29) is 11.3 Å². The molecule has 3 aromatic rings. The minimum atomic E-state index is -1.45. The Morgan fingerprint density at radius 1 is 0.955 bits per heavy atom. The number of nitrogens with zero attached hydrogens (tertiary/aromatic N) is 3. The van der Waals surface area contributed by atoms with Gasteiger partial charge in [-0.2, -0.15) is 0 Å². The van der Waals surface area contributed by atoms with E-state index < -0.39 is 23.3 Å². The Kier molecular flexibility index (Phi) is 2.99. The number of carbonyl (C=O) groups is 2. The molecule has 0 saturated carbocycles. The third kappa shape index (κ3) is 2.12. The van der Waals surface area contributed by atoms with E-state index in [1.807, 2.05) is 0 Å². The maximum atomic E-state index is 11.1. The van der Waals surface area contributed by atoms with Crippen LogP contribution in [0.25, 0.3) is 16.7 Å². The highest BCUT2D eigenvalue weighted by Crippen LogP contribution is 2.28. The SMILES string of the molecule is O=C(O)c1cc(C(=O)O)c(O)c(-n2nc3ccccc3n2)c1. The number of aromatic hydroxyl groups is 1. The van der Waals surface area contributed by atoms with Crippen LogP contribution in [0.15, 0.2) is 36.4 Å². The van der Waals surface area contributed by atoms with Gasteiger partial charge in [-0.1, -0.05) is 12.1 Å². The summed E-state index contributed by atoms with van der Waals surface area (Å²) < 4.78 is 0. The number of aromatic carboxylic acids is 2. The van der Waals surface area contributed by atoms with E-state index in [1.54, 1.807) is 24.3 Å². The summed E-state index contributed by atoms with van der Waals surface area (Å²) >= 11 is 0. The van der Waals surface area contributed by atoms with Gasteiger partial charge in [0.15, 0.2) is 5.75 Å². The lowest BCUT2D eigenvalue weighted by molar-refractivity contribution is 0.0693. The molecule has 2 aromatic carbocycles. The Labute approximate surface area is 122 Å². The van der Waals surface area contributed by atoms with Gasteiger partial charge in [0.1, 0.15) is 22.3 Å². The van der Waals surface area contributed by atoms with Crippen LogP contribution >= 0.6 is 0 Å². The predicted octanol–water partition coefficient (Wildman–Crippen LogP) is 1.52. The molecule has 0 aliphatic heterocycles. The maximum Gasteiger partial charge on any atom is 0.339 e. The van der Waals surface area contributed by atoms with Gasteiger partial charge in [0.05, 0.1) is 5.56 Å². The lowest BCUT2D eigenvalue weighted by Gasteiger charge is -2.07. The molecule has 1 aromatic heterocycles. The van der Waals surface area contributed by atoms with Crippen LogP contribution in [0.5, 0.6) is 5.75 Å². The van der Waals surface area contributed by atoms with Crippen molar-refractivity contribution < 1.29 is 24.9 Å². The Bertz CT molecular complexity index is 883. The first-order valence-corrected chi connectivity index (χ1v) is 6.13. The number of carboxylic acids is 2.